The monoisotopic (exact) mass is 293 g/mol. The van der Waals surface area contributed by atoms with Crippen LogP contribution in [-0.2, 0) is 11.3 Å². The predicted octanol–water partition coefficient (Wildman–Crippen LogP) is 3.01. The van der Waals surface area contributed by atoms with E-state index >= 15 is 0 Å². The molecule has 1 fully saturated rings. The fourth-order valence-electron chi connectivity index (χ4n) is 3.01. The summed E-state index contributed by atoms with van der Waals surface area (Å²) in [7, 11) is 0. The van der Waals surface area contributed by atoms with Crippen molar-refractivity contribution in [3.05, 3.63) is 58.9 Å². The zero-order valence-corrected chi connectivity index (χ0v) is 12.6. The average molecular weight is 293 g/mol. The normalized spacial score (nSPS) is 20.1. The summed E-state index contributed by atoms with van der Waals surface area (Å²) in [5, 5.41) is 10.3. The molecule has 22 heavy (non-hydrogen) atoms. The molecule has 1 heterocycles. The molecule has 2 N–H and O–H groups in total. The summed E-state index contributed by atoms with van der Waals surface area (Å²) in [6.45, 7) is 2.55. The molecule has 4 nitrogen and oxygen atoms in total. The van der Waals surface area contributed by atoms with Gasteiger partial charge in [0.2, 0.25) is 5.91 Å². The van der Waals surface area contributed by atoms with Gasteiger partial charge in [-0.1, -0.05) is 35.9 Å². The lowest BCUT2D eigenvalue weighted by atomic mass is 10.1. The topological polar surface area (TPSA) is 57.8 Å². The van der Waals surface area contributed by atoms with Gasteiger partial charge < -0.3 is 5.32 Å². The summed E-state index contributed by atoms with van der Waals surface area (Å²) >= 11 is 0. The number of carbonyl (C=O) groups excluding carboxylic acids is 1. The van der Waals surface area contributed by atoms with Crippen LogP contribution >= 0.6 is 0 Å². The lowest BCUT2D eigenvalue weighted by Crippen LogP contribution is -2.26. The predicted molar refractivity (Wildman–Crippen MR) is 84.9 cm³/mol. The fraction of sp³-hybridized carbons (Fsp3) is 0.333. The highest BCUT2D eigenvalue weighted by Gasteiger charge is 2.39. The maximum Gasteiger partial charge on any atom is 0.232 e. The van der Waals surface area contributed by atoms with Crippen LogP contribution in [0.1, 0.15) is 42.6 Å². The largest absolute Gasteiger partial charge is 0.350 e. The van der Waals surface area contributed by atoms with Gasteiger partial charge in [-0.25, -0.2) is 0 Å². The zero-order valence-electron chi connectivity index (χ0n) is 12.6. The minimum atomic E-state index is -0.0618. The molecule has 1 saturated carbocycles. The van der Waals surface area contributed by atoms with Crippen LogP contribution in [0, 0.1) is 5.92 Å². The number of nitrogens with one attached hydrogen (secondary N) is 2. The summed E-state index contributed by atoms with van der Waals surface area (Å²) in [6.07, 6.45) is 2.48. The Bertz CT molecular complexity index is 741. The third kappa shape index (κ3) is 2.45. The fourth-order valence-corrected chi connectivity index (χ4v) is 3.01. The Morgan fingerprint density at radius 1 is 1.32 bits per heavy atom. The number of H-pyrrole nitrogens is 1. The van der Waals surface area contributed by atoms with Gasteiger partial charge in [-0.3, -0.25) is 9.89 Å². The molecule has 1 amide bonds. The number of amides is 1. The van der Waals surface area contributed by atoms with E-state index in [-0.39, 0.29) is 11.8 Å². The zero-order chi connectivity index (χ0) is 15.1. The maximum atomic E-state index is 12.3. The van der Waals surface area contributed by atoms with Crippen LogP contribution in [-0.4, -0.2) is 16.1 Å². The lowest BCUT2D eigenvalue weighted by Gasteiger charge is -2.04. The molecule has 1 aromatic carbocycles. The third-order valence-electron chi connectivity index (χ3n) is 4.51. The molecule has 0 aliphatic heterocycles. The summed E-state index contributed by atoms with van der Waals surface area (Å²) < 4.78 is 0. The Morgan fingerprint density at radius 2 is 2.09 bits per heavy atom. The van der Waals surface area contributed by atoms with Crippen LogP contribution in [0.2, 0.25) is 0 Å². The van der Waals surface area contributed by atoms with Gasteiger partial charge in [-0.2, -0.15) is 5.10 Å². The molecule has 1 unspecified atom stereocenters. The molecule has 2 aliphatic carbocycles. The number of hydrogen-bond acceptors (Lipinski definition) is 2. The number of aromatic nitrogens is 2. The van der Waals surface area contributed by atoms with Crippen LogP contribution in [0.3, 0.4) is 0 Å². The van der Waals surface area contributed by atoms with Gasteiger partial charge >= 0.3 is 0 Å². The van der Waals surface area contributed by atoms with E-state index in [4.69, 9.17) is 0 Å². The van der Waals surface area contributed by atoms with Crippen molar-refractivity contribution < 1.29 is 4.79 Å². The standard InChI is InChI=1S/C18H19N3O/c1-11-16(13-5-3-2-4-6-13)17(11)18(22)19-10-14-9-15(21-20-14)12-7-8-12/h2-6,9,12,17H,7-8,10H2,1H3,(H,19,22)(H,20,21). The molecule has 0 bridgehead atoms. The average Bonchev–Trinajstić information content (AvgIpc) is 3.45. The Labute approximate surface area is 129 Å². The summed E-state index contributed by atoms with van der Waals surface area (Å²) in [4.78, 5) is 12.3. The van der Waals surface area contributed by atoms with E-state index in [0.29, 0.717) is 12.5 Å². The number of benzene rings is 1. The van der Waals surface area contributed by atoms with E-state index in [2.05, 4.69) is 33.7 Å². The van der Waals surface area contributed by atoms with Gasteiger partial charge in [0.05, 0.1) is 23.9 Å². The van der Waals surface area contributed by atoms with E-state index in [9.17, 15) is 4.79 Å². The van der Waals surface area contributed by atoms with E-state index in [1.54, 1.807) is 0 Å². The van der Waals surface area contributed by atoms with Gasteiger partial charge in [0, 0.05) is 5.92 Å². The summed E-state index contributed by atoms with van der Waals surface area (Å²) in [5.41, 5.74) is 5.61. The molecule has 112 valence electrons. The molecule has 0 saturated heterocycles. The van der Waals surface area contributed by atoms with Gasteiger partial charge in [0.25, 0.3) is 0 Å². The van der Waals surface area contributed by atoms with Crippen molar-refractivity contribution in [3.8, 4) is 0 Å². The van der Waals surface area contributed by atoms with Crippen molar-refractivity contribution in [2.75, 3.05) is 0 Å². The molecule has 4 rings (SSSR count). The Kier molecular flexibility index (Phi) is 3.10. The number of nitrogens with zero attached hydrogens (tertiary/aromatic N) is 1. The van der Waals surface area contributed by atoms with Gasteiger partial charge in [-0.05, 0) is 37.0 Å². The first kappa shape index (κ1) is 13.3. The van der Waals surface area contributed by atoms with E-state index < -0.39 is 0 Å². The van der Waals surface area contributed by atoms with Crippen molar-refractivity contribution in [1.82, 2.24) is 15.5 Å². The number of hydrogen-bond donors (Lipinski definition) is 2. The second kappa shape index (κ2) is 5.13. The van der Waals surface area contributed by atoms with Crippen molar-refractivity contribution in [2.45, 2.75) is 32.2 Å². The van der Waals surface area contributed by atoms with Crippen molar-refractivity contribution in [3.63, 3.8) is 0 Å². The Balaban J connectivity index is 1.35. The van der Waals surface area contributed by atoms with Gasteiger partial charge in [-0.15, -0.1) is 0 Å². The van der Waals surface area contributed by atoms with Gasteiger partial charge in [0.1, 0.15) is 0 Å². The Hall–Kier alpha value is -2.36. The highest BCUT2D eigenvalue weighted by atomic mass is 16.2. The highest BCUT2D eigenvalue weighted by molar-refractivity contribution is 6.05. The third-order valence-corrected chi connectivity index (χ3v) is 4.51. The second-order valence-corrected chi connectivity index (χ2v) is 6.21. The quantitative estimate of drug-likeness (QED) is 0.890. The highest BCUT2D eigenvalue weighted by Crippen LogP contribution is 2.46. The van der Waals surface area contributed by atoms with E-state index in [1.165, 1.54) is 24.0 Å². The summed E-state index contributed by atoms with van der Waals surface area (Å²) in [6, 6.07) is 12.2. The lowest BCUT2D eigenvalue weighted by molar-refractivity contribution is -0.121. The van der Waals surface area contributed by atoms with E-state index in [0.717, 1.165) is 17.0 Å². The molecule has 0 radical (unpaired) electrons. The van der Waals surface area contributed by atoms with Crippen molar-refractivity contribution >= 4 is 11.5 Å². The molecule has 0 spiro atoms. The maximum absolute atomic E-state index is 12.3. The van der Waals surface area contributed by atoms with Crippen LogP contribution in [0.25, 0.3) is 5.57 Å². The number of aromatic amines is 1. The smallest absolute Gasteiger partial charge is 0.232 e. The number of carbonyl (C=O) groups is 1. The Morgan fingerprint density at radius 3 is 2.82 bits per heavy atom. The van der Waals surface area contributed by atoms with Gasteiger partial charge in [0.15, 0.2) is 0 Å². The summed E-state index contributed by atoms with van der Waals surface area (Å²) in [5.74, 6) is 0.657. The SMILES string of the molecule is CC1=C(c2ccccc2)C1C(=O)NCc1cc(C2CC2)n[nH]1. The van der Waals surface area contributed by atoms with Crippen LogP contribution < -0.4 is 5.32 Å². The number of rotatable bonds is 5. The van der Waals surface area contributed by atoms with Crippen molar-refractivity contribution in [2.24, 2.45) is 5.92 Å². The second-order valence-electron chi connectivity index (χ2n) is 6.21. The molecule has 2 aliphatic rings. The molecule has 4 heteroatoms. The van der Waals surface area contributed by atoms with Crippen LogP contribution in [0.5, 0.6) is 0 Å². The minimum Gasteiger partial charge on any atom is -0.350 e. The first-order valence-corrected chi connectivity index (χ1v) is 7.82. The minimum absolute atomic E-state index is 0.0618. The molecule has 1 aromatic heterocycles. The molecular weight excluding hydrogens is 274 g/mol. The van der Waals surface area contributed by atoms with E-state index in [1.807, 2.05) is 25.1 Å². The molecule has 2 aromatic rings. The first-order valence-electron chi connectivity index (χ1n) is 7.82. The van der Waals surface area contributed by atoms with Crippen LogP contribution in [0.15, 0.2) is 42.0 Å². The first-order chi connectivity index (χ1) is 10.7. The van der Waals surface area contributed by atoms with Crippen LogP contribution in [0.4, 0.5) is 0 Å². The molecular formula is C18H19N3O. The molecule has 1 atom stereocenters. The van der Waals surface area contributed by atoms with Crippen molar-refractivity contribution in [1.29, 1.82) is 0 Å².